The summed E-state index contributed by atoms with van der Waals surface area (Å²) in [6.07, 6.45) is 0. The first-order valence-corrected chi connectivity index (χ1v) is 14.5. The van der Waals surface area contributed by atoms with Crippen LogP contribution in [0.3, 0.4) is 0 Å². The summed E-state index contributed by atoms with van der Waals surface area (Å²) in [5.41, 5.74) is 2.26. The van der Waals surface area contributed by atoms with Gasteiger partial charge in [-0.05, 0) is 76.9 Å². The molecule has 0 aliphatic heterocycles. The fraction of sp³-hybridized carbons (Fsp3) is 0.333. The van der Waals surface area contributed by atoms with Gasteiger partial charge in [0.15, 0.2) is 0 Å². The maximum Gasteiger partial charge on any atom is 0.264 e. The molecule has 0 unspecified atom stereocenters. The lowest BCUT2D eigenvalue weighted by Crippen LogP contribution is -2.54. The molecule has 0 saturated heterocycles. The van der Waals surface area contributed by atoms with E-state index in [2.05, 4.69) is 5.32 Å². The Bertz CT molecular complexity index is 1440. The highest BCUT2D eigenvalue weighted by Gasteiger charge is 2.34. The maximum absolute atomic E-state index is 14.0. The molecule has 1 atom stereocenters. The van der Waals surface area contributed by atoms with Crippen molar-refractivity contribution in [1.29, 1.82) is 0 Å². The summed E-state index contributed by atoms with van der Waals surface area (Å²) in [7, 11) is -4.15. The smallest absolute Gasteiger partial charge is 0.264 e. The van der Waals surface area contributed by atoms with E-state index in [0.717, 1.165) is 15.4 Å². The number of amides is 2. The molecule has 1 N–H and O–H groups in total. The van der Waals surface area contributed by atoms with Crippen LogP contribution in [-0.2, 0) is 26.2 Å². The van der Waals surface area contributed by atoms with Crippen molar-refractivity contribution in [2.24, 2.45) is 0 Å². The van der Waals surface area contributed by atoms with Gasteiger partial charge in [0.2, 0.25) is 11.8 Å². The summed E-state index contributed by atoms with van der Waals surface area (Å²) in [6, 6.07) is 19.6. The van der Waals surface area contributed by atoms with E-state index in [1.165, 1.54) is 23.1 Å². The van der Waals surface area contributed by atoms with Gasteiger partial charge in [0.25, 0.3) is 10.0 Å². The third-order valence-corrected chi connectivity index (χ3v) is 8.16. The topological polar surface area (TPSA) is 86.8 Å². The molecule has 0 radical (unpaired) electrons. The molecule has 208 valence electrons. The molecule has 0 aliphatic rings. The molecule has 0 aliphatic carbocycles. The van der Waals surface area contributed by atoms with Gasteiger partial charge >= 0.3 is 0 Å². The number of hydrogen-bond acceptors (Lipinski definition) is 4. The third-order valence-electron chi connectivity index (χ3n) is 6.15. The number of carbonyl (C=O) groups is 2. The van der Waals surface area contributed by atoms with Crippen LogP contribution in [0.5, 0.6) is 0 Å². The largest absolute Gasteiger partial charge is 0.350 e. The predicted molar refractivity (Wildman–Crippen MR) is 156 cm³/mol. The van der Waals surface area contributed by atoms with E-state index in [4.69, 9.17) is 11.6 Å². The molecule has 7 nitrogen and oxygen atoms in total. The van der Waals surface area contributed by atoms with Crippen molar-refractivity contribution in [2.45, 2.75) is 64.6 Å². The number of nitrogens with one attached hydrogen (secondary N) is 1. The van der Waals surface area contributed by atoms with E-state index in [1.807, 2.05) is 52.0 Å². The van der Waals surface area contributed by atoms with Crippen LogP contribution in [-0.4, -0.2) is 43.3 Å². The van der Waals surface area contributed by atoms with Gasteiger partial charge in [-0.25, -0.2) is 8.42 Å². The van der Waals surface area contributed by atoms with Crippen LogP contribution in [0.2, 0.25) is 5.02 Å². The molecule has 3 rings (SSSR count). The quantitative estimate of drug-likeness (QED) is 0.369. The number of halogens is 1. The van der Waals surface area contributed by atoms with Gasteiger partial charge in [-0.3, -0.25) is 13.9 Å². The van der Waals surface area contributed by atoms with E-state index < -0.39 is 34.1 Å². The van der Waals surface area contributed by atoms with Crippen molar-refractivity contribution >= 4 is 39.1 Å². The lowest BCUT2D eigenvalue weighted by Gasteiger charge is -2.34. The van der Waals surface area contributed by atoms with Crippen molar-refractivity contribution < 1.29 is 18.0 Å². The number of benzene rings is 3. The second-order valence-corrected chi connectivity index (χ2v) is 13.0. The van der Waals surface area contributed by atoms with Crippen molar-refractivity contribution in [3.63, 3.8) is 0 Å². The van der Waals surface area contributed by atoms with E-state index in [-0.39, 0.29) is 17.3 Å². The molecule has 0 aromatic heterocycles. The summed E-state index contributed by atoms with van der Waals surface area (Å²) in [5.74, 6) is -0.855. The number of aryl methyl sites for hydroxylation is 2. The van der Waals surface area contributed by atoms with Gasteiger partial charge in [-0.15, -0.1) is 0 Å². The molecule has 3 aromatic rings. The zero-order valence-corrected chi connectivity index (χ0v) is 24.8. The first kappa shape index (κ1) is 30.2. The summed E-state index contributed by atoms with van der Waals surface area (Å²) in [6.45, 7) is 10.6. The number of nitrogens with zero attached hydrogens (tertiary/aromatic N) is 2. The van der Waals surface area contributed by atoms with Crippen molar-refractivity contribution in [3.8, 4) is 0 Å². The first-order chi connectivity index (χ1) is 18.2. The average molecular weight is 570 g/mol. The van der Waals surface area contributed by atoms with Crippen LogP contribution in [0.25, 0.3) is 0 Å². The number of anilines is 1. The van der Waals surface area contributed by atoms with E-state index >= 15 is 0 Å². The van der Waals surface area contributed by atoms with E-state index in [0.29, 0.717) is 16.3 Å². The fourth-order valence-corrected chi connectivity index (χ4v) is 5.81. The van der Waals surface area contributed by atoms with E-state index in [9.17, 15) is 18.0 Å². The summed E-state index contributed by atoms with van der Waals surface area (Å²) >= 11 is 6.26. The minimum atomic E-state index is -4.15. The second kappa shape index (κ2) is 12.2. The SMILES string of the molecule is Cc1cccc(CN(C(=O)CN(c2cc(Cl)ccc2C)S(=O)(=O)c2ccccc2)[C@@H](C)C(=O)NC(C)(C)C)c1. The molecular weight excluding hydrogens is 534 g/mol. The number of hydrogen-bond donors (Lipinski definition) is 1. The Hall–Kier alpha value is -3.36. The number of carbonyl (C=O) groups excluding carboxylic acids is 2. The van der Waals surface area contributed by atoms with Crippen LogP contribution in [0.15, 0.2) is 77.7 Å². The molecule has 3 aromatic carbocycles. The van der Waals surface area contributed by atoms with Crippen LogP contribution in [0.1, 0.15) is 44.4 Å². The Kier molecular flexibility index (Phi) is 9.46. The Morgan fingerprint density at radius 3 is 2.23 bits per heavy atom. The minimum Gasteiger partial charge on any atom is -0.350 e. The highest BCUT2D eigenvalue weighted by molar-refractivity contribution is 7.92. The van der Waals surface area contributed by atoms with Crippen molar-refractivity contribution in [3.05, 3.63) is 94.5 Å². The van der Waals surface area contributed by atoms with Gasteiger partial charge in [-0.1, -0.05) is 65.7 Å². The standard InChI is InChI=1S/C30H36ClN3O4S/c1-21-11-10-12-24(17-21)19-33(23(3)29(36)32-30(4,5)6)28(35)20-34(27-18-25(31)16-15-22(27)2)39(37,38)26-13-8-7-9-14-26/h7-18,23H,19-20H2,1-6H3,(H,32,36)/t23-/m0/s1. The van der Waals surface area contributed by atoms with Gasteiger partial charge < -0.3 is 10.2 Å². The monoisotopic (exact) mass is 569 g/mol. The zero-order chi connectivity index (χ0) is 29.0. The van der Waals surface area contributed by atoms with Crippen LogP contribution >= 0.6 is 11.6 Å². The second-order valence-electron chi connectivity index (χ2n) is 10.7. The molecule has 39 heavy (non-hydrogen) atoms. The third kappa shape index (κ3) is 7.83. The van der Waals surface area contributed by atoms with Crippen LogP contribution in [0, 0.1) is 13.8 Å². The van der Waals surface area contributed by atoms with Gasteiger partial charge in [0.1, 0.15) is 12.6 Å². The normalized spacial score (nSPS) is 12.5. The number of rotatable bonds is 9. The molecule has 0 bridgehead atoms. The zero-order valence-electron chi connectivity index (χ0n) is 23.2. The Morgan fingerprint density at radius 2 is 1.62 bits per heavy atom. The van der Waals surface area contributed by atoms with Crippen LogP contribution < -0.4 is 9.62 Å². The molecule has 2 amide bonds. The number of sulfonamides is 1. The average Bonchev–Trinajstić information content (AvgIpc) is 2.86. The van der Waals surface area contributed by atoms with Gasteiger partial charge in [0, 0.05) is 17.1 Å². The Morgan fingerprint density at radius 1 is 0.949 bits per heavy atom. The summed E-state index contributed by atoms with van der Waals surface area (Å²) in [4.78, 5) is 28.7. The summed E-state index contributed by atoms with van der Waals surface area (Å²) in [5, 5.41) is 3.27. The Labute approximate surface area is 236 Å². The molecule has 0 fully saturated rings. The maximum atomic E-state index is 14.0. The first-order valence-electron chi connectivity index (χ1n) is 12.7. The van der Waals surface area contributed by atoms with Crippen molar-refractivity contribution in [1.82, 2.24) is 10.2 Å². The van der Waals surface area contributed by atoms with Gasteiger partial charge in [0.05, 0.1) is 10.6 Å². The van der Waals surface area contributed by atoms with E-state index in [1.54, 1.807) is 44.2 Å². The molecule has 0 heterocycles. The van der Waals surface area contributed by atoms with Crippen LogP contribution in [0.4, 0.5) is 5.69 Å². The molecular formula is C30H36ClN3O4S. The fourth-order valence-electron chi connectivity index (χ4n) is 4.15. The lowest BCUT2D eigenvalue weighted by molar-refractivity contribution is -0.140. The minimum absolute atomic E-state index is 0.0425. The lowest BCUT2D eigenvalue weighted by atomic mass is 10.1. The Balaban J connectivity index is 2.07. The predicted octanol–water partition coefficient (Wildman–Crippen LogP) is 5.48. The van der Waals surface area contributed by atoms with Crippen molar-refractivity contribution in [2.75, 3.05) is 10.8 Å². The molecule has 0 saturated carbocycles. The van der Waals surface area contributed by atoms with Gasteiger partial charge in [-0.2, -0.15) is 0 Å². The molecule has 9 heteroatoms. The highest BCUT2D eigenvalue weighted by Crippen LogP contribution is 2.30. The highest BCUT2D eigenvalue weighted by atomic mass is 35.5. The molecule has 0 spiro atoms. The summed E-state index contributed by atoms with van der Waals surface area (Å²) < 4.78 is 28.8.